The predicted octanol–water partition coefficient (Wildman–Crippen LogP) is 2.44. The maximum Gasteiger partial charge on any atom is 0.254 e. The summed E-state index contributed by atoms with van der Waals surface area (Å²) in [7, 11) is 0. The maximum atomic E-state index is 12.6. The molecule has 0 aromatic heterocycles. The first-order valence-electron chi connectivity index (χ1n) is 6.71. The van der Waals surface area contributed by atoms with Crippen molar-refractivity contribution in [2.75, 3.05) is 13.1 Å². The molecule has 3 rings (SSSR count). The van der Waals surface area contributed by atoms with E-state index in [1.165, 1.54) is 0 Å². The second kappa shape index (κ2) is 5.02. The highest BCUT2D eigenvalue weighted by molar-refractivity contribution is 6.07. The first-order chi connectivity index (χ1) is 9.25. The molecule has 0 spiro atoms. The number of rotatable bonds is 1. The van der Waals surface area contributed by atoms with Gasteiger partial charge < -0.3 is 10.0 Å². The highest BCUT2D eigenvalue weighted by Crippen LogP contribution is 2.21. The predicted molar refractivity (Wildman–Crippen MR) is 75.1 cm³/mol. The van der Waals surface area contributed by atoms with E-state index in [9.17, 15) is 9.90 Å². The van der Waals surface area contributed by atoms with Gasteiger partial charge in [0.05, 0.1) is 6.10 Å². The van der Waals surface area contributed by atoms with Crippen LogP contribution in [0, 0.1) is 0 Å². The second-order valence-electron chi connectivity index (χ2n) is 5.07. The number of fused-ring (bicyclic) bond motifs is 1. The van der Waals surface area contributed by atoms with Crippen molar-refractivity contribution in [3.8, 4) is 0 Å². The molecule has 0 bridgehead atoms. The van der Waals surface area contributed by atoms with Crippen LogP contribution in [-0.2, 0) is 0 Å². The number of carbonyl (C=O) groups excluding carboxylic acids is 1. The van der Waals surface area contributed by atoms with Gasteiger partial charge in [0.2, 0.25) is 0 Å². The van der Waals surface area contributed by atoms with Crippen LogP contribution in [0.1, 0.15) is 23.2 Å². The molecule has 0 saturated carbocycles. The Balaban J connectivity index is 1.97. The van der Waals surface area contributed by atoms with Crippen molar-refractivity contribution in [3.05, 3.63) is 48.0 Å². The molecule has 1 fully saturated rings. The molecular weight excluding hydrogens is 238 g/mol. The zero-order valence-corrected chi connectivity index (χ0v) is 10.7. The zero-order valence-electron chi connectivity index (χ0n) is 10.7. The number of aliphatic hydroxyl groups is 1. The van der Waals surface area contributed by atoms with Gasteiger partial charge in [0.1, 0.15) is 0 Å². The number of piperidine rings is 1. The van der Waals surface area contributed by atoms with Crippen molar-refractivity contribution in [2.45, 2.75) is 18.9 Å². The number of hydrogen-bond donors (Lipinski definition) is 1. The summed E-state index contributed by atoms with van der Waals surface area (Å²) < 4.78 is 0. The summed E-state index contributed by atoms with van der Waals surface area (Å²) in [6.07, 6.45) is 1.28. The smallest absolute Gasteiger partial charge is 0.254 e. The Hall–Kier alpha value is -1.87. The molecule has 2 aromatic rings. The highest BCUT2D eigenvalue weighted by atomic mass is 16.3. The quantitative estimate of drug-likeness (QED) is 0.850. The van der Waals surface area contributed by atoms with Crippen molar-refractivity contribution >= 4 is 16.7 Å². The lowest BCUT2D eigenvalue weighted by Gasteiger charge is -2.30. The van der Waals surface area contributed by atoms with Crippen LogP contribution in [0.25, 0.3) is 10.8 Å². The fraction of sp³-hybridized carbons (Fsp3) is 0.312. The van der Waals surface area contributed by atoms with E-state index in [4.69, 9.17) is 0 Å². The van der Waals surface area contributed by atoms with Gasteiger partial charge in [-0.15, -0.1) is 0 Å². The minimum absolute atomic E-state index is 0.0237. The summed E-state index contributed by atoms with van der Waals surface area (Å²) in [5.41, 5.74) is 0.729. The Labute approximate surface area is 112 Å². The van der Waals surface area contributed by atoms with Gasteiger partial charge in [-0.2, -0.15) is 0 Å². The molecule has 1 unspecified atom stereocenters. The van der Waals surface area contributed by atoms with E-state index in [0.717, 1.165) is 35.7 Å². The third-order valence-electron chi connectivity index (χ3n) is 3.70. The number of carbonyl (C=O) groups is 1. The minimum Gasteiger partial charge on any atom is -0.391 e. The van der Waals surface area contributed by atoms with E-state index in [2.05, 4.69) is 0 Å². The van der Waals surface area contributed by atoms with Crippen LogP contribution in [0.3, 0.4) is 0 Å². The number of β-amino-alcohol motifs (C(OH)–C–C–N with tert-alkyl or cyclic N) is 1. The maximum absolute atomic E-state index is 12.6. The Morgan fingerprint density at radius 1 is 1.16 bits per heavy atom. The average Bonchev–Trinajstić information content (AvgIpc) is 2.46. The molecule has 1 N–H and O–H groups in total. The summed E-state index contributed by atoms with van der Waals surface area (Å²) in [5.74, 6) is 0.0237. The molecule has 0 radical (unpaired) electrons. The van der Waals surface area contributed by atoms with Crippen LogP contribution in [0.5, 0.6) is 0 Å². The molecule has 1 atom stereocenters. The summed E-state index contributed by atoms with van der Waals surface area (Å²) >= 11 is 0. The molecule has 2 aromatic carbocycles. The molecule has 19 heavy (non-hydrogen) atoms. The van der Waals surface area contributed by atoms with Crippen molar-refractivity contribution in [2.24, 2.45) is 0 Å². The second-order valence-corrected chi connectivity index (χ2v) is 5.07. The van der Waals surface area contributed by atoms with Crippen molar-refractivity contribution in [3.63, 3.8) is 0 Å². The number of amides is 1. The Kier molecular flexibility index (Phi) is 3.22. The monoisotopic (exact) mass is 255 g/mol. The van der Waals surface area contributed by atoms with Gasteiger partial charge in [-0.05, 0) is 29.7 Å². The van der Waals surface area contributed by atoms with Crippen molar-refractivity contribution < 1.29 is 9.90 Å². The van der Waals surface area contributed by atoms with Gasteiger partial charge >= 0.3 is 0 Å². The Morgan fingerprint density at radius 2 is 1.95 bits per heavy atom. The van der Waals surface area contributed by atoms with Crippen LogP contribution in [-0.4, -0.2) is 35.1 Å². The van der Waals surface area contributed by atoms with Gasteiger partial charge in [-0.3, -0.25) is 4.79 Å². The molecular formula is C16H17NO2. The van der Waals surface area contributed by atoms with E-state index in [-0.39, 0.29) is 12.0 Å². The van der Waals surface area contributed by atoms with E-state index < -0.39 is 0 Å². The molecule has 1 amide bonds. The number of aliphatic hydroxyl groups excluding tert-OH is 1. The van der Waals surface area contributed by atoms with Crippen LogP contribution < -0.4 is 0 Å². The average molecular weight is 255 g/mol. The third kappa shape index (κ3) is 2.34. The van der Waals surface area contributed by atoms with Gasteiger partial charge in [-0.1, -0.05) is 36.4 Å². The molecule has 1 saturated heterocycles. The largest absolute Gasteiger partial charge is 0.391 e. The molecule has 3 heteroatoms. The first kappa shape index (κ1) is 12.2. The Bertz CT molecular complexity index is 603. The minimum atomic E-state index is -0.382. The molecule has 3 nitrogen and oxygen atoms in total. The molecule has 0 aliphatic carbocycles. The standard InChI is InChI=1S/C16H17NO2/c18-13-7-4-10-17(11-13)16(19)15-9-3-6-12-5-1-2-8-14(12)15/h1-3,5-6,8-9,13,18H,4,7,10-11H2. The SMILES string of the molecule is O=C(c1cccc2ccccc12)N1CCCC(O)C1. The summed E-state index contributed by atoms with van der Waals surface area (Å²) in [6.45, 7) is 1.18. The summed E-state index contributed by atoms with van der Waals surface area (Å²) in [4.78, 5) is 14.3. The van der Waals surface area contributed by atoms with E-state index in [1.807, 2.05) is 42.5 Å². The van der Waals surface area contributed by atoms with Gasteiger partial charge in [0, 0.05) is 18.7 Å². The third-order valence-corrected chi connectivity index (χ3v) is 3.70. The van der Waals surface area contributed by atoms with E-state index in [1.54, 1.807) is 4.90 Å². The van der Waals surface area contributed by atoms with E-state index >= 15 is 0 Å². The lowest BCUT2D eigenvalue weighted by molar-refractivity contribution is 0.0475. The summed E-state index contributed by atoms with van der Waals surface area (Å²) in [5, 5.41) is 11.8. The van der Waals surface area contributed by atoms with Gasteiger partial charge in [-0.25, -0.2) is 0 Å². The van der Waals surface area contributed by atoms with Gasteiger partial charge in [0.15, 0.2) is 0 Å². The molecule has 1 heterocycles. The van der Waals surface area contributed by atoms with Gasteiger partial charge in [0.25, 0.3) is 5.91 Å². The number of likely N-dealkylation sites (tertiary alicyclic amines) is 1. The van der Waals surface area contributed by atoms with E-state index in [0.29, 0.717) is 6.54 Å². The normalized spacial score (nSPS) is 19.6. The zero-order chi connectivity index (χ0) is 13.2. The molecule has 1 aliphatic rings. The molecule has 1 aliphatic heterocycles. The van der Waals surface area contributed by atoms with Crippen molar-refractivity contribution in [1.29, 1.82) is 0 Å². The topological polar surface area (TPSA) is 40.5 Å². The number of nitrogens with zero attached hydrogens (tertiary/aromatic N) is 1. The fourth-order valence-electron chi connectivity index (χ4n) is 2.72. The lowest BCUT2D eigenvalue weighted by atomic mass is 10.0. The van der Waals surface area contributed by atoms with Crippen LogP contribution >= 0.6 is 0 Å². The van der Waals surface area contributed by atoms with Crippen LogP contribution in [0.2, 0.25) is 0 Å². The number of benzene rings is 2. The first-order valence-corrected chi connectivity index (χ1v) is 6.71. The fourth-order valence-corrected chi connectivity index (χ4v) is 2.72. The van der Waals surface area contributed by atoms with Crippen LogP contribution in [0.15, 0.2) is 42.5 Å². The number of hydrogen-bond acceptors (Lipinski definition) is 2. The highest BCUT2D eigenvalue weighted by Gasteiger charge is 2.23. The van der Waals surface area contributed by atoms with Crippen LogP contribution in [0.4, 0.5) is 0 Å². The lowest BCUT2D eigenvalue weighted by Crippen LogP contribution is -2.42. The Morgan fingerprint density at radius 3 is 2.79 bits per heavy atom. The van der Waals surface area contributed by atoms with Crippen molar-refractivity contribution in [1.82, 2.24) is 4.90 Å². The molecule has 98 valence electrons. The summed E-state index contributed by atoms with van der Waals surface area (Å²) in [6, 6.07) is 13.7.